The smallest absolute Gasteiger partial charge is 0.407 e. The predicted octanol–water partition coefficient (Wildman–Crippen LogP) is 6.00. The molecule has 0 unspecified atom stereocenters. The molecule has 1 heterocycles. The first-order chi connectivity index (χ1) is 16.4. The third-order valence-corrected chi connectivity index (χ3v) is 6.05. The molecule has 0 radical (unpaired) electrons. The van der Waals surface area contributed by atoms with Crippen LogP contribution >= 0.6 is 15.9 Å². The number of benzene rings is 2. The molecule has 34 heavy (non-hydrogen) atoms. The second-order valence-corrected chi connectivity index (χ2v) is 8.43. The van der Waals surface area contributed by atoms with Gasteiger partial charge in [-0.1, -0.05) is 35.5 Å². The fraction of sp³-hybridized carbons (Fsp3) is 0.192. The van der Waals surface area contributed by atoms with E-state index in [1.165, 1.54) is 0 Å². The molecule has 0 aromatic heterocycles. The van der Waals surface area contributed by atoms with Crippen molar-refractivity contribution in [2.45, 2.75) is 20.4 Å². The summed E-state index contributed by atoms with van der Waals surface area (Å²) in [5, 5.41) is 6.95. The van der Waals surface area contributed by atoms with Gasteiger partial charge in [-0.3, -0.25) is 4.79 Å². The summed E-state index contributed by atoms with van der Waals surface area (Å²) in [5.74, 6) is 1.16. The monoisotopic (exact) mass is 522 g/mol. The molecule has 2 aromatic rings. The van der Waals surface area contributed by atoms with Crippen molar-refractivity contribution < 1.29 is 23.6 Å². The van der Waals surface area contributed by atoms with E-state index in [0.29, 0.717) is 41.5 Å². The van der Waals surface area contributed by atoms with Crippen LogP contribution in [0.25, 0.3) is 22.4 Å². The SMILES string of the molecule is CCOC(=O)NCc1ccc(C(=O)c2ccc3c(-c4ccc(OC)c(Br)c4)noc(C)c2-3)cc1. The second kappa shape index (κ2) is 10.1. The zero-order chi connectivity index (χ0) is 24.2. The number of rotatable bonds is 7. The molecule has 4 rings (SSSR count). The molecule has 0 bridgehead atoms. The Kier molecular flexibility index (Phi) is 6.98. The van der Waals surface area contributed by atoms with E-state index in [-0.39, 0.29) is 5.78 Å². The van der Waals surface area contributed by atoms with E-state index in [2.05, 4.69) is 26.4 Å². The summed E-state index contributed by atoms with van der Waals surface area (Å²) < 4.78 is 16.6. The highest BCUT2D eigenvalue weighted by Gasteiger charge is 2.25. The van der Waals surface area contributed by atoms with Gasteiger partial charge >= 0.3 is 6.09 Å². The number of carbonyl (C=O) groups excluding carboxylic acids is 2. The van der Waals surface area contributed by atoms with Crippen LogP contribution in [0, 0.1) is 6.92 Å². The quantitative estimate of drug-likeness (QED) is 0.299. The minimum Gasteiger partial charge on any atom is -0.496 e. The molecule has 8 heteroatoms. The number of fused-ring (bicyclic) bond motifs is 1. The number of ether oxygens (including phenoxy) is 2. The second-order valence-electron chi connectivity index (χ2n) is 7.57. The summed E-state index contributed by atoms with van der Waals surface area (Å²) >= 11 is 3.51. The molecule has 0 saturated carbocycles. The average Bonchev–Trinajstić information content (AvgIpc) is 3.29. The van der Waals surface area contributed by atoms with Gasteiger partial charge < -0.3 is 19.3 Å². The van der Waals surface area contributed by atoms with Gasteiger partial charge in [-0.05, 0) is 59.6 Å². The first kappa shape index (κ1) is 23.5. The molecule has 174 valence electrons. The fourth-order valence-electron chi connectivity index (χ4n) is 3.76. The van der Waals surface area contributed by atoms with E-state index < -0.39 is 6.09 Å². The third kappa shape index (κ3) is 4.68. The zero-order valence-electron chi connectivity index (χ0n) is 19.0. The Balaban J connectivity index is 1.60. The number of aryl methyl sites for hydroxylation is 1. The van der Waals surface area contributed by atoms with Crippen LogP contribution in [0.1, 0.15) is 34.2 Å². The van der Waals surface area contributed by atoms with Gasteiger partial charge in [0.1, 0.15) is 17.2 Å². The molecule has 1 aliphatic carbocycles. The van der Waals surface area contributed by atoms with Gasteiger partial charge in [0.25, 0.3) is 0 Å². The van der Waals surface area contributed by atoms with Crippen LogP contribution in [0.2, 0.25) is 0 Å². The van der Waals surface area contributed by atoms with E-state index in [0.717, 1.165) is 26.7 Å². The Morgan fingerprint density at radius 3 is 2.53 bits per heavy atom. The summed E-state index contributed by atoms with van der Waals surface area (Å²) in [6.07, 6.45) is -0.474. The lowest BCUT2D eigenvalue weighted by Crippen LogP contribution is -2.23. The summed E-state index contributed by atoms with van der Waals surface area (Å²) in [7, 11) is 1.61. The highest BCUT2D eigenvalue weighted by Crippen LogP contribution is 2.40. The minimum atomic E-state index is -0.474. The number of nitrogens with one attached hydrogen (secondary N) is 1. The van der Waals surface area contributed by atoms with Crippen molar-refractivity contribution in [2.24, 2.45) is 0 Å². The van der Waals surface area contributed by atoms with Gasteiger partial charge in [0.05, 0.1) is 18.2 Å². The number of methoxy groups -OCH3 is 1. The molecule has 1 aliphatic heterocycles. The van der Waals surface area contributed by atoms with E-state index >= 15 is 0 Å². The number of amides is 1. The molecule has 2 aliphatic rings. The van der Waals surface area contributed by atoms with Crippen molar-refractivity contribution in [1.29, 1.82) is 0 Å². The van der Waals surface area contributed by atoms with Crippen LogP contribution in [0.5, 0.6) is 5.75 Å². The van der Waals surface area contributed by atoms with Gasteiger partial charge in [0.2, 0.25) is 0 Å². The Morgan fingerprint density at radius 1 is 1.09 bits per heavy atom. The topological polar surface area (TPSA) is 90.7 Å². The van der Waals surface area contributed by atoms with E-state index in [9.17, 15) is 9.59 Å². The fourth-order valence-corrected chi connectivity index (χ4v) is 4.30. The number of nitrogens with zero attached hydrogens (tertiary/aromatic N) is 1. The van der Waals surface area contributed by atoms with Crippen molar-refractivity contribution in [3.05, 3.63) is 81.5 Å². The maximum Gasteiger partial charge on any atom is 0.407 e. The third-order valence-electron chi connectivity index (χ3n) is 5.43. The molecule has 7 nitrogen and oxygen atoms in total. The molecular formula is C26H23BrN2O5. The lowest BCUT2D eigenvalue weighted by molar-refractivity contribution is 0.103. The maximum absolute atomic E-state index is 13.3. The number of halogens is 1. The Morgan fingerprint density at radius 2 is 1.85 bits per heavy atom. The summed E-state index contributed by atoms with van der Waals surface area (Å²) in [4.78, 5) is 24.8. The van der Waals surface area contributed by atoms with Crippen LogP contribution in [0.15, 0.2) is 63.6 Å². The summed E-state index contributed by atoms with van der Waals surface area (Å²) in [6, 6.07) is 16.5. The molecule has 0 atom stereocenters. The Labute approximate surface area is 205 Å². The van der Waals surface area contributed by atoms with E-state index in [4.69, 9.17) is 14.0 Å². The van der Waals surface area contributed by atoms with Crippen molar-refractivity contribution >= 4 is 27.8 Å². The number of carbonyl (C=O) groups is 2. The number of alkyl carbamates (subject to hydrolysis) is 1. The highest BCUT2D eigenvalue weighted by atomic mass is 79.9. The highest BCUT2D eigenvalue weighted by molar-refractivity contribution is 9.10. The molecule has 0 spiro atoms. The van der Waals surface area contributed by atoms with Gasteiger partial charge in [-0.2, -0.15) is 0 Å². The standard InChI is InChI=1S/C26H23BrN2O5/c1-4-33-26(31)28-14-16-5-7-17(8-6-16)25(30)20-11-10-19-23(20)15(2)34-29-24(19)18-9-12-22(32-3)21(27)13-18/h5-13H,4,14H2,1-3H3,(H,28,31). The molecule has 1 amide bonds. The van der Waals surface area contributed by atoms with Crippen LogP contribution < -0.4 is 10.1 Å². The molecule has 0 fully saturated rings. The summed E-state index contributed by atoms with van der Waals surface area (Å²) in [5.41, 5.74) is 4.99. The molecular weight excluding hydrogens is 500 g/mol. The average molecular weight is 523 g/mol. The van der Waals surface area contributed by atoms with Gasteiger partial charge in [0, 0.05) is 34.4 Å². The van der Waals surface area contributed by atoms with Crippen LogP contribution in [0.4, 0.5) is 4.79 Å². The first-order valence-electron chi connectivity index (χ1n) is 10.7. The zero-order valence-corrected chi connectivity index (χ0v) is 20.6. The van der Waals surface area contributed by atoms with E-state index in [1.807, 2.05) is 36.4 Å². The van der Waals surface area contributed by atoms with Crippen LogP contribution in [0.3, 0.4) is 0 Å². The van der Waals surface area contributed by atoms with Crippen LogP contribution in [-0.4, -0.2) is 30.7 Å². The van der Waals surface area contributed by atoms with Crippen molar-refractivity contribution in [2.75, 3.05) is 13.7 Å². The molecule has 2 aromatic carbocycles. The number of hydrogen-bond acceptors (Lipinski definition) is 6. The summed E-state index contributed by atoms with van der Waals surface area (Å²) in [6.45, 7) is 4.17. The van der Waals surface area contributed by atoms with Crippen LogP contribution in [-0.2, 0) is 11.3 Å². The van der Waals surface area contributed by atoms with Gasteiger partial charge in [0.15, 0.2) is 5.78 Å². The van der Waals surface area contributed by atoms with Gasteiger partial charge in [-0.25, -0.2) is 4.79 Å². The van der Waals surface area contributed by atoms with Crippen molar-refractivity contribution in [1.82, 2.24) is 10.5 Å². The minimum absolute atomic E-state index is 0.119. The maximum atomic E-state index is 13.3. The predicted molar refractivity (Wildman–Crippen MR) is 131 cm³/mol. The number of aromatic nitrogens is 1. The lowest BCUT2D eigenvalue weighted by Gasteiger charge is -2.12. The molecule has 0 saturated heterocycles. The number of ketones is 1. The van der Waals surface area contributed by atoms with Gasteiger partial charge in [-0.15, -0.1) is 0 Å². The molecule has 1 N–H and O–H groups in total. The normalized spacial score (nSPS) is 10.8. The van der Waals surface area contributed by atoms with Crippen molar-refractivity contribution in [3.63, 3.8) is 0 Å². The Hall–Kier alpha value is -3.65. The Bertz CT molecular complexity index is 1310. The first-order valence-corrected chi connectivity index (χ1v) is 11.5. The lowest BCUT2D eigenvalue weighted by atomic mass is 9.96. The largest absolute Gasteiger partial charge is 0.496 e. The van der Waals surface area contributed by atoms with E-state index in [1.54, 1.807) is 39.2 Å². The van der Waals surface area contributed by atoms with Crippen molar-refractivity contribution in [3.8, 4) is 28.1 Å². The number of hydrogen-bond donors (Lipinski definition) is 1.